The molecule has 0 N–H and O–H groups in total. The number of rotatable bonds is 3. The Hall–Kier alpha value is -1.21. The summed E-state index contributed by atoms with van der Waals surface area (Å²) in [6, 6.07) is 0. The Bertz CT molecular complexity index is 550. The Morgan fingerprint density at radius 2 is 2.22 bits per heavy atom. The molecule has 3 aliphatic rings. The highest BCUT2D eigenvalue weighted by molar-refractivity contribution is 5.28. The molecule has 23 heavy (non-hydrogen) atoms. The quantitative estimate of drug-likeness (QED) is 0.843. The number of piperidine rings is 1. The van der Waals surface area contributed by atoms with Gasteiger partial charge < -0.3 is 14.4 Å². The number of hydrogen-bond donors (Lipinski definition) is 0. The molecule has 1 aromatic rings. The van der Waals surface area contributed by atoms with Gasteiger partial charge in [0.25, 0.3) is 0 Å². The Labute approximate surface area is 137 Å². The van der Waals surface area contributed by atoms with E-state index in [9.17, 15) is 0 Å². The van der Waals surface area contributed by atoms with Crippen LogP contribution in [0.1, 0.15) is 46.0 Å². The SMILES string of the molecule is CC1CCCN(c2nnnn2CC2CCC3(COC(C)C3)O2)C1. The molecule has 3 fully saturated rings. The summed E-state index contributed by atoms with van der Waals surface area (Å²) < 4.78 is 14.0. The van der Waals surface area contributed by atoms with Gasteiger partial charge in [-0.15, -0.1) is 0 Å². The molecule has 3 aliphatic heterocycles. The van der Waals surface area contributed by atoms with Crippen LogP contribution in [-0.2, 0) is 16.0 Å². The van der Waals surface area contributed by atoms with Gasteiger partial charge in [0.05, 0.1) is 31.0 Å². The Kier molecular flexibility index (Phi) is 4.01. The van der Waals surface area contributed by atoms with Crippen molar-refractivity contribution in [1.29, 1.82) is 0 Å². The largest absolute Gasteiger partial charge is 0.375 e. The van der Waals surface area contributed by atoms with Crippen LogP contribution in [-0.4, -0.2) is 57.7 Å². The maximum Gasteiger partial charge on any atom is 0.245 e. The maximum absolute atomic E-state index is 6.36. The van der Waals surface area contributed by atoms with E-state index in [4.69, 9.17) is 9.47 Å². The first-order valence-corrected chi connectivity index (χ1v) is 8.94. The molecule has 4 atom stereocenters. The van der Waals surface area contributed by atoms with Crippen LogP contribution in [0.15, 0.2) is 0 Å². The summed E-state index contributed by atoms with van der Waals surface area (Å²) in [6.07, 6.45) is 6.17. The van der Waals surface area contributed by atoms with Gasteiger partial charge in [-0.3, -0.25) is 0 Å². The second-order valence-electron chi connectivity index (χ2n) is 7.64. The van der Waals surface area contributed by atoms with Crippen molar-refractivity contribution in [3.8, 4) is 0 Å². The van der Waals surface area contributed by atoms with Crippen molar-refractivity contribution in [3.63, 3.8) is 0 Å². The fourth-order valence-corrected chi connectivity index (χ4v) is 4.32. The summed E-state index contributed by atoms with van der Waals surface area (Å²) in [5.74, 6) is 1.61. The molecule has 4 heterocycles. The van der Waals surface area contributed by atoms with Gasteiger partial charge in [0.1, 0.15) is 0 Å². The van der Waals surface area contributed by atoms with Crippen molar-refractivity contribution in [1.82, 2.24) is 20.2 Å². The monoisotopic (exact) mass is 321 g/mol. The van der Waals surface area contributed by atoms with Crippen LogP contribution in [0.25, 0.3) is 0 Å². The lowest BCUT2D eigenvalue weighted by Crippen LogP contribution is -2.37. The van der Waals surface area contributed by atoms with Crippen molar-refractivity contribution >= 4 is 5.95 Å². The van der Waals surface area contributed by atoms with Gasteiger partial charge >= 0.3 is 0 Å². The van der Waals surface area contributed by atoms with Crippen LogP contribution in [0.4, 0.5) is 5.95 Å². The topological polar surface area (TPSA) is 65.3 Å². The van der Waals surface area contributed by atoms with Crippen molar-refractivity contribution < 1.29 is 9.47 Å². The lowest BCUT2D eigenvalue weighted by molar-refractivity contribution is -0.0508. The standard InChI is InChI=1S/C16H27N5O2/c1-12-4-3-7-20(9-12)15-17-18-19-21(15)10-14-5-6-16(23-14)8-13(2)22-11-16/h12-14H,3-11H2,1-2H3. The van der Waals surface area contributed by atoms with E-state index in [1.54, 1.807) is 0 Å². The van der Waals surface area contributed by atoms with E-state index in [0.29, 0.717) is 12.0 Å². The van der Waals surface area contributed by atoms with Gasteiger partial charge in [0.2, 0.25) is 5.95 Å². The summed E-state index contributed by atoms with van der Waals surface area (Å²) >= 11 is 0. The fraction of sp³-hybridized carbons (Fsp3) is 0.938. The maximum atomic E-state index is 6.36. The van der Waals surface area contributed by atoms with E-state index >= 15 is 0 Å². The van der Waals surface area contributed by atoms with E-state index in [-0.39, 0.29) is 11.7 Å². The van der Waals surface area contributed by atoms with Gasteiger partial charge in [-0.25, -0.2) is 4.68 Å². The highest BCUT2D eigenvalue weighted by atomic mass is 16.6. The molecular weight excluding hydrogens is 294 g/mol. The van der Waals surface area contributed by atoms with Gasteiger partial charge in [0, 0.05) is 19.5 Å². The predicted molar refractivity (Wildman–Crippen MR) is 85.3 cm³/mol. The van der Waals surface area contributed by atoms with E-state index < -0.39 is 0 Å². The molecule has 3 saturated heterocycles. The number of anilines is 1. The highest BCUT2D eigenvalue weighted by Crippen LogP contribution is 2.40. The molecule has 7 nitrogen and oxygen atoms in total. The molecule has 0 bridgehead atoms. The number of nitrogens with zero attached hydrogens (tertiary/aromatic N) is 5. The second-order valence-corrected chi connectivity index (χ2v) is 7.64. The highest BCUT2D eigenvalue weighted by Gasteiger charge is 2.46. The number of tetrazole rings is 1. The van der Waals surface area contributed by atoms with Crippen molar-refractivity contribution in [2.45, 2.75) is 70.3 Å². The van der Waals surface area contributed by atoms with E-state index in [1.807, 2.05) is 4.68 Å². The predicted octanol–water partition coefficient (Wildman–Crippen LogP) is 1.64. The number of aromatic nitrogens is 4. The van der Waals surface area contributed by atoms with Crippen LogP contribution >= 0.6 is 0 Å². The normalized spacial score (nSPS) is 37.8. The summed E-state index contributed by atoms with van der Waals surface area (Å²) in [7, 11) is 0. The molecule has 128 valence electrons. The van der Waals surface area contributed by atoms with Crippen molar-refractivity contribution in [2.24, 2.45) is 5.92 Å². The molecule has 4 rings (SSSR count). The van der Waals surface area contributed by atoms with Crippen LogP contribution in [0.5, 0.6) is 0 Å². The number of hydrogen-bond acceptors (Lipinski definition) is 6. The Balaban J connectivity index is 1.41. The summed E-state index contributed by atoms with van der Waals surface area (Å²) in [4.78, 5) is 2.32. The average molecular weight is 321 g/mol. The van der Waals surface area contributed by atoms with E-state index in [1.165, 1.54) is 12.8 Å². The molecule has 1 aromatic heterocycles. The second kappa shape index (κ2) is 6.02. The molecule has 0 radical (unpaired) electrons. The molecule has 7 heteroatoms. The van der Waals surface area contributed by atoms with Gasteiger partial charge in [-0.05, 0) is 49.0 Å². The minimum absolute atomic E-state index is 0.0576. The third kappa shape index (κ3) is 3.08. The smallest absolute Gasteiger partial charge is 0.245 e. The molecule has 1 spiro atoms. The third-order valence-corrected chi connectivity index (χ3v) is 5.46. The first-order valence-electron chi connectivity index (χ1n) is 8.94. The fourth-order valence-electron chi connectivity index (χ4n) is 4.32. The molecule has 0 saturated carbocycles. The zero-order valence-corrected chi connectivity index (χ0v) is 14.1. The molecule has 0 aromatic carbocycles. The lowest BCUT2D eigenvalue weighted by atomic mass is 9.97. The Morgan fingerprint density at radius 1 is 1.30 bits per heavy atom. The van der Waals surface area contributed by atoms with Crippen LogP contribution in [0.2, 0.25) is 0 Å². The first kappa shape index (κ1) is 15.3. The Morgan fingerprint density at radius 3 is 3.00 bits per heavy atom. The minimum Gasteiger partial charge on any atom is -0.375 e. The molecule has 4 unspecified atom stereocenters. The molecular formula is C16H27N5O2. The number of ether oxygens (including phenoxy) is 2. The third-order valence-electron chi connectivity index (χ3n) is 5.46. The van der Waals surface area contributed by atoms with Crippen molar-refractivity contribution in [2.75, 3.05) is 24.6 Å². The lowest BCUT2D eigenvalue weighted by Gasteiger charge is -2.31. The average Bonchev–Trinajstić information content (AvgIpc) is 3.22. The summed E-state index contributed by atoms with van der Waals surface area (Å²) in [5, 5.41) is 12.4. The van der Waals surface area contributed by atoms with Crippen LogP contribution in [0.3, 0.4) is 0 Å². The molecule has 0 aliphatic carbocycles. The van der Waals surface area contributed by atoms with Gasteiger partial charge in [0.15, 0.2) is 0 Å². The van der Waals surface area contributed by atoms with Gasteiger partial charge in [-0.2, -0.15) is 0 Å². The first-order chi connectivity index (χ1) is 11.1. The summed E-state index contributed by atoms with van der Waals surface area (Å²) in [5.41, 5.74) is -0.0576. The summed E-state index contributed by atoms with van der Waals surface area (Å²) in [6.45, 7) is 7.99. The zero-order valence-electron chi connectivity index (χ0n) is 14.1. The van der Waals surface area contributed by atoms with E-state index in [2.05, 4.69) is 34.3 Å². The van der Waals surface area contributed by atoms with E-state index in [0.717, 1.165) is 51.5 Å². The van der Waals surface area contributed by atoms with Crippen LogP contribution < -0.4 is 4.90 Å². The van der Waals surface area contributed by atoms with Gasteiger partial charge in [-0.1, -0.05) is 12.0 Å². The minimum atomic E-state index is -0.0576. The van der Waals surface area contributed by atoms with Crippen LogP contribution in [0, 0.1) is 5.92 Å². The van der Waals surface area contributed by atoms with Crippen molar-refractivity contribution in [3.05, 3.63) is 0 Å². The molecule has 0 amide bonds. The zero-order chi connectivity index (χ0) is 15.9.